The molecule has 1 aromatic carbocycles. The Kier molecular flexibility index (Phi) is 5.51. The third-order valence-electron chi connectivity index (χ3n) is 4.93. The predicted molar refractivity (Wildman–Crippen MR) is 110 cm³/mol. The van der Waals surface area contributed by atoms with Crippen LogP contribution in [-0.2, 0) is 20.8 Å². The summed E-state index contributed by atoms with van der Waals surface area (Å²) in [5.74, 6) is -1.40. The first-order valence-electron chi connectivity index (χ1n) is 9.09. The van der Waals surface area contributed by atoms with E-state index >= 15 is 0 Å². The molecule has 0 saturated carbocycles. The molecule has 0 aliphatic carbocycles. The van der Waals surface area contributed by atoms with Crippen LogP contribution in [0.1, 0.15) is 12.0 Å². The lowest BCUT2D eigenvalue weighted by Gasteiger charge is -2.52. The highest BCUT2D eigenvalue weighted by molar-refractivity contribution is 8.05. The van der Waals surface area contributed by atoms with Gasteiger partial charge in [0, 0.05) is 6.20 Å². The van der Waals surface area contributed by atoms with E-state index in [2.05, 4.69) is 10.3 Å². The Hall–Kier alpha value is -2.52. The summed E-state index contributed by atoms with van der Waals surface area (Å²) < 4.78 is -1.43. The number of aliphatic carboxylic acids is 1. The minimum absolute atomic E-state index is 0.0242. The van der Waals surface area contributed by atoms with Crippen LogP contribution in [0.4, 0.5) is 0 Å². The van der Waals surface area contributed by atoms with Crippen molar-refractivity contribution >= 4 is 41.3 Å². The lowest BCUT2D eigenvalue weighted by atomic mass is 10.0. The topological polar surface area (TPSA) is 99.6 Å². The summed E-state index contributed by atoms with van der Waals surface area (Å²) in [6.07, 6.45) is 2.11. The number of pyridine rings is 1. The minimum Gasteiger partial charge on any atom is -0.480 e. The number of carbonyl (C=O) groups excluding carboxylic acids is 2. The fraction of sp³-hybridized carbons (Fsp3) is 0.300. The minimum atomic E-state index is -1.43. The lowest BCUT2D eigenvalue weighted by Crippen LogP contribution is -2.69. The van der Waals surface area contributed by atoms with Crippen molar-refractivity contribution in [3.63, 3.8) is 0 Å². The Morgan fingerprint density at radius 3 is 2.66 bits per heavy atom. The fourth-order valence-electron chi connectivity index (χ4n) is 3.37. The maximum atomic E-state index is 12.7. The maximum Gasteiger partial charge on any atom is 0.325 e. The second-order valence-electron chi connectivity index (χ2n) is 6.89. The summed E-state index contributed by atoms with van der Waals surface area (Å²) in [7, 11) is 0. The number of aromatic nitrogens is 1. The molecule has 29 heavy (non-hydrogen) atoms. The summed E-state index contributed by atoms with van der Waals surface area (Å²) in [6.45, 7) is 0.0242. The van der Waals surface area contributed by atoms with Gasteiger partial charge in [-0.1, -0.05) is 48.2 Å². The smallest absolute Gasteiger partial charge is 0.325 e. The molecule has 7 nitrogen and oxygen atoms in total. The molecule has 3 heterocycles. The number of amides is 2. The molecule has 1 aromatic heterocycles. The van der Waals surface area contributed by atoms with Crippen molar-refractivity contribution in [3.8, 4) is 0 Å². The molecule has 0 radical (unpaired) electrons. The van der Waals surface area contributed by atoms with Gasteiger partial charge in [-0.05, 0) is 17.7 Å². The van der Waals surface area contributed by atoms with Crippen LogP contribution in [0.15, 0.2) is 59.8 Å². The number of fused-ring (bicyclic) bond motifs is 1. The molecule has 3 atom stereocenters. The number of β-lactam (4-membered cyclic amide) rings is 1. The number of rotatable bonds is 6. The predicted octanol–water partition coefficient (Wildman–Crippen LogP) is 1.99. The molecule has 2 unspecified atom stereocenters. The molecule has 2 aliphatic rings. The molecular formula is C20H19N3O4S2. The van der Waals surface area contributed by atoms with E-state index in [1.165, 1.54) is 11.8 Å². The number of nitrogens with zero attached hydrogens (tertiary/aromatic N) is 2. The van der Waals surface area contributed by atoms with Crippen LogP contribution in [0.2, 0.25) is 0 Å². The molecule has 9 heteroatoms. The molecule has 0 spiro atoms. The largest absolute Gasteiger partial charge is 0.480 e. The Bertz CT molecular complexity index is 928. The molecule has 2 aromatic rings. The number of nitrogens with one attached hydrogen (secondary N) is 1. The van der Waals surface area contributed by atoms with Gasteiger partial charge in [0.15, 0.2) is 4.75 Å². The van der Waals surface area contributed by atoms with Gasteiger partial charge in [-0.2, -0.15) is 0 Å². The normalized spacial score (nSPS) is 25.7. The van der Waals surface area contributed by atoms with Gasteiger partial charge >= 0.3 is 5.97 Å². The van der Waals surface area contributed by atoms with Crippen LogP contribution >= 0.6 is 23.5 Å². The monoisotopic (exact) mass is 429 g/mol. The summed E-state index contributed by atoms with van der Waals surface area (Å²) in [5, 5.41) is 12.8. The molecule has 2 amide bonds. The van der Waals surface area contributed by atoms with E-state index in [0.29, 0.717) is 11.4 Å². The van der Waals surface area contributed by atoms with Crippen LogP contribution < -0.4 is 5.32 Å². The van der Waals surface area contributed by atoms with Gasteiger partial charge in [-0.25, -0.2) is 4.98 Å². The quantitative estimate of drug-likeness (QED) is 0.678. The third-order valence-corrected chi connectivity index (χ3v) is 7.96. The number of carboxylic acid groups (broad SMARTS) is 1. The van der Waals surface area contributed by atoms with Gasteiger partial charge in [0.1, 0.15) is 5.37 Å². The lowest BCUT2D eigenvalue weighted by molar-refractivity contribution is -0.147. The van der Waals surface area contributed by atoms with E-state index in [1.807, 2.05) is 30.3 Å². The van der Waals surface area contributed by atoms with Gasteiger partial charge in [0.05, 0.1) is 29.8 Å². The molecule has 4 rings (SSSR count). The molecule has 150 valence electrons. The zero-order valence-corrected chi connectivity index (χ0v) is 17.0. The number of carboxylic acids is 1. The van der Waals surface area contributed by atoms with E-state index in [9.17, 15) is 19.5 Å². The number of hydrogen-bond donors (Lipinski definition) is 2. The Labute approximate surface area is 176 Å². The van der Waals surface area contributed by atoms with Crippen molar-refractivity contribution in [2.75, 3.05) is 6.54 Å². The first-order chi connectivity index (χ1) is 14.0. The van der Waals surface area contributed by atoms with Crippen molar-refractivity contribution in [3.05, 3.63) is 60.3 Å². The summed E-state index contributed by atoms with van der Waals surface area (Å²) in [6, 6.07) is 14.6. The van der Waals surface area contributed by atoms with E-state index in [0.717, 1.165) is 17.3 Å². The summed E-state index contributed by atoms with van der Waals surface area (Å²) in [4.78, 5) is 43.0. The van der Waals surface area contributed by atoms with Crippen molar-refractivity contribution in [2.24, 2.45) is 0 Å². The molecule has 2 fully saturated rings. The number of thioether (sulfide) groups is 2. The average Bonchev–Trinajstić information content (AvgIpc) is 2.71. The third kappa shape index (κ3) is 3.97. The van der Waals surface area contributed by atoms with Crippen LogP contribution in [0, 0.1) is 0 Å². The number of benzene rings is 1. The number of carbonyl (C=O) groups is 3. The first kappa shape index (κ1) is 19.8. The highest BCUT2D eigenvalue weighted by atomic mass is 32.2. The second kappa shape index (κ2) is 8.08. The SMILES string of the molecule is O=C(Cc1ccccc1)NC1S[C@@H]2CC(=O)N2CC1(Sc1ccccn1)C(=O)O. The standard InChI is InChI=1S/C20H19N3O4S2/c24-14(10-13-6-2-1-3-7-13)22-18-20(19(26)27,29-15-8-4-5-9-21-15)12-23-16(25)11-17(23)28-18/h1-9,17-18H,10-12H2,(H,22,24)(H,26,27)/t17-,18?,20?/m1/s1. The van der Waals surface area contributed by atoms with Crippen LogP contribution in [0.25, 0.3) is 0 Å². The van der Waals surface area contributed by atoms with Crippen molar-refractivity contribution in [1.29, 1.82) is 0 Å². The van der Waals surface area contributed by atoms with Crippen LogP contribution in [-0.4, -0.2) is 54.8 Å². The fourth-order valence-corrected chi connectivity index (χ4v) is 6.26. The van der Waals surface area contributed by atoms with E-state index in [4.69, 9.17) is 0 Å². The Balaban J connectivity index is 1.60. The zero-order chi connectivity index (χ0) is 20.4. The molecule has 2 saturated heterocycles. The molecular weight excluding hydrogens is 410 g/mol. The van der Waals surface area contributed by atoms with Gasteiger partial charge in [-0.3, -0.25) is 14.4 Å². The highest BCUT2D eigenvalue weighted by Crippen LogP contribution is 2.49. The highest BCUT2D eigenvalue weighted by Gasteiger charge is 2.59. The molecule has 2 N–H and O–H groups in total. The van der Waals surface area contributed by atoms with Crippen LogP contribution in [0.3, 0.4) is 0 Å². The summed E-state index contributed by atoms with van der Waals surface area (Å²) in [5.41, 5.74) is 0.851. The van der Waals surface area contributed by atoms with Gasteiger partial charge in [0.2, 0.25) is 11.8 Å². The van der Waals surface area contributed by atoms with E-state index < -0.39 is 16.1 Å². The molecule has 0 bridgehead atoms. The number of hydrogen-bond acceptors (Lipinski definition) is 6. The molecule has 2 aliphatic heterocycles. The summed E-state index contributed by atoms with van der Waals surface area (Å²) >= 11 is 2.40. The maximum absolute atomic E-state index is 12.7. The Morgan fingerprint density at radius 2 is 2.00 bits per heavy atom. The first-order valence-corrected chi connectivity index (χ1v) is 10.9. The van der Waals surface area contributed by atoms with Crippen molar-refractivity contribution in [2.45, 2.75) is 33.4 Å². The van der Waals surface area contributed by atoms with Crippen molar-refractivity contribution in [1.82, 2.24) is 15.2 Å². The average molecular weight is 430 g/mol. The Morgan fingerprint density at radius 1 is 1.24 bits per heavy atom. The zero-order valence-electron chi connectivity index (χ0n) is 15.4. The van der Waals surface area contributed by atoms with Gasteiger partial charge < -0.3 is 15.3 Å². The van der Waals surface area contributed by atoms with Gasteiger partial charge in [-0.15, -0.1) is 11.8 Å². The van der Waals surface area contributed by atoms with E-state index in [-0.39, 0.29) is 30.2 Å². The van der Waals surface area contributed by atoms with E-state index in [1.54, 1.807) is 29.3 Å². The second-order valence-corrected chi connectivity index (χ2v) is 9.53. The van der Waals surface area contributed by atoms with Gasteiger partial charge in [0.25, 0.3) is 0 Å². The van der Waals surface area contributed by atoms with Crippen molar-refractivity contribution < 1.29 is 19.5 Å². The van der Waals surface area contributed by atoms with Crippen LogP contribution in [0.5, 0.6) is 0 Å².